The van der Waals surface area contributed by atoms with Crippen molar-refractivity contribution in [3.63, 3.8) is 0 Å². The fourth-order valence-corrected chi connectivity index (χ4v) is 2.58. The number of benzene rings is 1. The Labute approximate surface area is 114 Å². The van der Waals surface area contributed by atoms with Crippen LogP contribution in [0.5, 0.6) is 0 Å². The minimum atomic E-state index is 0.425. The summed E-state index contributed by atoms with van der Waals surface area (Å²) in [6.45, 7) is 1.10. The summed E-state index contributed by atoms with van der Waals surface area (Å²) in [5.41, 5.74) is 2.35. The molecular weight excluding hydrogens is 234 g/mol. The lowest BCUT2D eigenvalue weighted by Crippen LogP contribution is -2.27. The highest BCUT2D eigenvalue weighted by Crippen LogP contribution is 2.29. The number of piperidine rings is 1. The number of nitrogens with zero attached hydrogens (tertiary/aromatic N) is 1. The molecule has 1 aliphatic heterocycles. The molecule has 2 heterocycles. The van der Waals surface area contributed by atoms with Crippen LogP contribution in [0.15, 0.2) is 48.7 Å². The van der Waals surface area contributed by atoms with Crippen molar-refractivity contribution >= 4 is 11.5 Å². The Bertz CT molecular complexity index is 519. The molecule has 0 bridgehead atoms. The van der Waals surface area contributed by atoms with Crippen LogP contribution in [0.25, 0.3) is 0 Å². The van der Waals surface area contributed by atoms with E-state index in [4.69, 9.17) is 0 Å². The topological polar surface area (TPSA) is 37.0 Å². The van der Waals surface area contributed by atoms with Crippen LogP contribution < -0.4 is 10.6 Å². The van der Waals surface area contributed by atoms with Gasteiger partial charge in [-0.3, -0.25) is 0 Å². The van der Waals surface area contributed by atoms with Gasteiger partial charge in [-0.05, 0) is 37.6 Å². The summed E-state index contributed by atoms with van der Waals surface area (Å²) in [5, 5.41) is 7.00. The minimum Gasteiger partial charge on any atom is -0.340 e. The molecule has 3 heteroatoms. The van der Waals surface area contributed by atoms with Crippen LogP contribution in [-0.2, 0) is 0 Å². The second-order valence-corrected chi connectivity index (χ2v) is 4.93. The maximum absolute atomic E-state index is 4.50. The van der Waals surface area contributed by atoms with Crippen LogP contribution in [0.1, 0.15) is 30.9 Å². The monoisotopic (exact) mass is 253 g/mol. The first-order chi connectivity index (χ1) is 9.43. The Hall–Kier alpha value is -1.87. The highest BCUT2D eigenvalue weighted by Gasteiger charge is 2.18. The number of hydrogen-bond acceptors (Lipinski definition) is 3. The van der Waals surface area contributed by atoms with Gasteiger partial charge in [0.2, 0.25) is 0 Å². The summed E-state index contributed by atoms with van der Waals surface area (Å²) in [7, 11) is 0. The van der Waals surface area contributed by atoms with Crippen molar-refractivity contribution in [3.05, 3.63) is 54.2 Å². The van der Waals surface area contributed by atoms with Crippen molar-refractivity contribution in [2.24, 2.45) is 0 Å². The van der Waals surface area contributed by atoms with E-state index in [1.165, 1.54) is 24.8 Å². The molecule has 1 saturated heterocycles. The summed E-state index contributed by atoms with van der Waals surface area (Å²) in [6.07, 6.45) is 5.60. The first-order valence-corrected chi connectivity index (χ1v) is 6.94. The van der Waals surface area contributed by atoms with E-state index < -0.39 is 0 Å². The third-order valence-electron chi connectivity index (χ3n) is 3.56. The molecule has 1 aromatic carbocycles. The molecule has 1 aliphatic rings. The summed E-state index contributed by atoms with van der Waals surface area (Å²) < 4.78 is 0. The van der Waals surface area contributed by atoms with Crippen molar-refractivity contribution in [2.45, 2.75) is 25.3 Å². The fourth-order valence-electron chi connectivity index (χ4n) is 2.58. The van der Waals surface area contributed by atoms with E-state index in [1.807, 2.05) is 30.5 Å². The molecule has 19 heavy (non-hydrogen) atoms. The average molecular weight is 253 g/mol. The lowest BCUT2D eigenvalue weighted by atomic mass is 9.98. The first kappa shape index (κ1) is 12.2. The maximum Gasteiger partial charge on any atom is 0.135 e. The van der Waals surface area contributed by atoms with Gasteiger partial charge in [0.25, 0.3) is 0 Å². The molecule has 1 aromatic heterocycles. The Balaban J connectivity index is 1.84. The largest absolute Gasteiger partial charge is 0.340 e. The fraction of sp³-hybridized carbons (Fsp3) is 0.312. The SMILES string of the molecule is c1ccc(Nc2ncccc2[C@@H]2CCCCN2)cc1. The molecule has 2 N–H and O–H groups in total. The van der Waals surface area contributed by atoms with E-state index in [9.17, 15) is 0 Å². The molecule has 1 atom stereocenters. The van der Waals surface area contributed by atoms with Gasteiger partial charge in [-0.15, -0.1) is 0 Å². The number of nitrogens with one attached hydrogen (secondary N) is 2. The zero-order valence-corrected chi connectivity index (χ0v) is 11.0. The Morgan fingerprint density at radius 3 is 2.74 bits per heavy atom. The molecule has 0 aliphatic carbocycles. The van der Waals surface area contributed by atoms with Crippen molar-refractivity contribution in [1.82, 2.24) is 10.3 Å². The van der Waals surface area contributed by atoms with Crippen LogP contribution in [0, 0.1) is 0 Å². The molecule has 1 fully saturated rings. The van der Waals surface area contributed by atoms with Gasteiger partial charge in [0.1, 0.15) is 5.82 Å². The van der Waals surface area contributed by atoms with E-state index in [2.05, 4.69) is 33.8 Å². The molecule has 0 amide bonds. The molecule has 0 saturated carbocycles. The number of rotatable bonds is 3. The van der Waals surface area contributed by atoms with E-state index in [0.717, 1.165) is 18.1 Å². The summed E-state index contributed by atoms with van der Waals surface area (Å²) in [4.78, 5) is 4.50. The van der Waals surface area contributed by atoms with Crippen LogP contribution in [0.4, 0.5) is 11.5 Å². The number of para-hydroxylation sites is 1. The second kappa shape index (κ2) is 5.85. The molecular formula is C16H19N3. The Kier molecular flexibility index (Phi) is 3.75. The van der Waals surface area contributed by atoms with E-state index in [0.29, 0.717) is 6.04 Å². The third-order valence-corrected chi connectivity index (χ3v) is 3.56. The van der Waals surface area contributed by atoms with E-state index in [1.54, 1.807) is 0 Å². The van der Waals surface area contributed by atoms with Crippen molar-refractivity contribution in [2.75, 3.05) is 11.9 Å². The lowest BCUT2D eigenvalue weighted by molar-refractivity contribution is 0.412. The standard InChI is InChI=1S/C16H19N3/c1-2-7-13(8-3-1)19-16-14(9-6-12-18-16)15-10-4-5-11-17-15/h1-3,6-9,12,15,17H,4-5,10-11H2,(H,18,19)/t15-/m0/s1. The molecule has 3 rings (SSSR count). The van der Waals surface area contributed by atoms with Crippen LogP contribution >= 0.6 is 0 Å². The minimum absolute atomic E-state index is 0.425. The quantitative estimate of drug-likeness (QED) is 0.877. The normalized spacial score (nSPS) is 19.1. The molecule has 0 radical (unpaired) electrons. The van der Waals surface area contributed by atoms with Crippen LogP contribution in [0.3, 0.4) is 0 Å². The van der Waals surface area contributed by atoms with Crippen molar-refractivity contribution < 1.29 is 0 Å². The van der Waals surface area contributed by atoms with Gasteiger partial charge in [0, 0.05) is 23.5 Å². The summed E-state index contributed by atoms with van der Waals surface area (Å²) in [6, 6.07) is 14.8. The van der Waals surface area contributed by atoms with Gasteiger partial charge >= 0.3 is 0 Å². The number of hydrogen-bond donors (Lipinski definition) is 2. The first-order valence-electron chi connectivity index (χ1n) is 6.94. The maximum atomic E-state index is 4.50. The number of anilines is 2. The smallest absolute Gasteiger partial charge is 0.135 e. The van der Waals surface area contributed by atoms with Crippen molar-refractivity contribution in [3.8, 4) is 0 Å². The molecule has 98 valence electrons. The third kappa shape index (κ3) is 2.93. The number of aromatic nitrogens is 1. The molecule has 0 spiro atoms. The molecule has 2 aromatic rings. The zero-order valence-electron chi connectivity index (χ0n) is 11.0. The van der Waals surface area contributed by atoms with Crippen LogP contribution in [0.2, 0.25) is 0 Å². The molecule has 3 nitrogen and oxygen atoms in total. The predicted octanol–water partition coefficient (Wildman–Crippen LogP) is 3.64. The number of pyridine rings is 1. The van der Waals surface area contributed by atoms with Gasteiger partial charge in [0.05, 0.1) is 0 Å². The van der Waals surface area contributed by atoms with Gasteiger partial charge in [0.15, 0.2) is 0 Å². The predicted molar refractivity (Wildman–Crippen MR) is 78.6 cm³/mol. The zero-order chi connectivity index (χ0) is 12.9. The van der Waals surface area contributed by atoms with E-state index in [-0.39, 0.29) is 0 Å². The van der Waals surface area contributed by atoms with Crippen molar-refractivity contribution in [1.29, 1.82) is 0 Å². The van der Waals surface area contributed by atoms with Gasteiger partial charge < -0.3 is 10.6 Å². The highest BCUT2D eigenvalue weighted by molar-refractivity contribution is 5.59. The second-order valence-electron chi connectivity index (χ2n) is 4.93. The Morgan fingerprint density at radius 1 is 1.05 bits per heavy atom. The van der Waals surface area contributed by atoms with Gasteiger partial charge in [-0.1, -0.05) is 30.7 Å². The molecule has 0 unspecified atom stereocenters. The lowest BCUT2D eigenvalue weighted by Gasteiger charge is -2.25. The summed E-state index contributed by atoms with van der Waals surface area (Å²) >= 11 is 0. The average Bonchev–Trinajstić information content (AvgIpc) is 2.50. The Morgan fingerprint density at radius 2 is 1.95 bits per heavy atom. The van der Waals surface area contributed by atoms with Crippen LogP contribution in [-0.4, -0.2) is 11.5 Å². The summed E-state index contributed by atoms with van der Waals surface area (Å²) in [5.74, 6) is 0.966. The van der Waals surface area contributed by atoms with E-state index >= 15 is 0 Å². The van der Waals surface area contributed by atoms with Gasteiger partial charge in [-0.25, -0.2) is 4.98 Å². The highest BCUT2D eigenvalue weighted by atomic mass is 15.0. The van der Waals surface area contributed by atoms with Gasteiger partial charge in [-0.2, -0.15) is 0 Å².